The van der Waals surface area contributed by atoms with Crippen molar-refractivity contribution in [2.24, 2.45) is 0 Å². The van der Waals surface area contributed by atoms with Crippen LogP contribution in [0.15, 0.2) is 24.3 Å². The Balaban J connectivity index is 1.94. The smallest absolute Gasteiger partial charge is 0.0867 e. The summed E-state index contributed by atoms with van der Waals surface area (Å²) in [6.45, 7) is 4.41. The highest BCUT2D eigenvalue weighted by molar-refractivity contribution is 5.53. The van der Waals surface area contributed by atoms with E-state index in [1.54, 1.807) is 0 Å². The number of anilines is 2. The summed E-state index contributed by atoms with van der Waals surface area (Å²) in [6, 6.07) is 10.1. The highest BCUT2D eigenvalue weighted by atomic mass is 15.3. The lowest BCUT2D eigenvalue weighted by Crippen LogP contribution is -2.46. The third-order valence-electron chi connectivity index (χ3n) is 2.92. The van der Waals surface area contributed by atoms with E-state index < -0.39 is 0 Å². The standard InChI is InChI=1S/C12H16N4/c13-5-6-15-7-9-16(10-8-15)12-3-1-11(14)2-4-12/h1-4H,6-10,14H2. The van der Waals surface area contributed by atoms with Gasteiger partial charge in [0.15, 0.2) is 0 Å². The summed E-state index contributed by atoms with van der Waals surface area (Å²) in [5.74, 6) is 0. The van der Waals surface area contributed by atoms with Crippen LogP contribution >= 0.6 is 0 Å². The van der Waals surface area contributed by atoms with Crippen molar-refractivity contribution in [3.63, 3.8) is 0 Å². The lowest BCUT2D eigenvalue weighted by molar-refractivity contribution is 0.287. The number of benzene rings is 1. The van der Waals surface area contributed by atoms with Crippen LogP contribution in [0.1, 0.15) is 0 Å². The molecule has 4 heteroatoms. The summed E-state index contributed by atoms with van der Waals surface area (Å²) in [4.78, 5) is 4.50. The van der Waals surface area contributed by atoms with Crippen molar-refractivity contribution in [1.29, 1.82) is 5.26 Å². The molecule has 0 saturated carbocycles. The summed E-state index contributed by atoms with van der Waals surface area (Å²) >= 11 is 0. The number of hydrogen-bond acceptors (Lipinski definition) is 4. The van der Waals surface area contributed by atoms with Crippen LogP contribution in [0.25, 0.3) is 0 Å². The van der Waals surface area contributed by atoms with E-state index in [2.05, 4.69) is 28.0 Å². The van der Waals surface area contributed by atoms with Crippen molar-refractivity contribution in [2.45, 2.75) is 0 Å². The second kappa shape index (κ2) is 4.86. The maximum atomic E-state index is 8.61. The second-order valence-electron chi connectivity index (χ2n) is 4.01. The average molecular weight is 216 g/mol. The molecule has 0 aromatic heterocycles. The van der Waals surface area contributed by atoms with Crippen LogP contribution in [0.3, 0.4) is 0 Å². The fourth-order valence-electron chi connectivity index (χ4n) is 1.95. The minimum atomic E-state index is 0.537. The van der Waals surface area contributed by atoms with E-state index in [9.17, 15) is 0 Å². The zero-order valence-corrected chi connectivity index (χ0v) is 9.26. The van der Waals surface area contributed by atoms with Gasteiger partial charge in [-0.05, 0) is 24.3 Å². The van der Waals surface area contributed by atoms with Crippen LogP contribution in [-0.2, 0) is 0 Å². The van der Waals surface area contributed by atoms with Crippen LogP contribution in [0.5, 0.6) is 0 Å². The first kappa shape index (κ1) is 10.8. The molecule has 1 aromatic carbocycles. The summed E-state index contributed by atoms with van der Waals surface area (Å²) < 4.78 is 0. The fourth-order valence-corrected chi connectivity index (χ4v) is 1.95. The number of nitrogen functional groups attached to an aromatic ring is 1. The molecule has 1 heterocycles. The van der Waals surface area contributed by atoms with Crippen molar-refractivity contribution >= 4 is 11.4 Å². The lowest BCUT2D eigenvalue weighted by Gasteiger charge is -2.34. The molecule has 0 radical (unpaired) electrons. The first-order chi connectivity index (χ1) is 7.79. The summed E-state index contributed by atoms with van der Waals surface area (Å²) in [7, 11) is 0. The van der Waals surface area contributed by atoms with Gasteiger partial charge in [-0.3, -0.25) is 4.90 Å². The Hall–Kier alpha value is -1.73. The Morgan fingerprint density at radius 3 is 2.31 bits per heavy atom. The first-order valence-electron chi connectivity index (χ1n) is 5.49. The minimum Gasteiger partial charge on any atom is -0.399 e. The molecule has 0 bridgehead atoms. The number of nitrogens with two attached hydrogens (primary N) is 1. The SMILES string of the molecule is N#CCN1CCN(c2ccc(N)cc2)CC1. The van der Waals surface area contributed by atoms with E-state index in [1.807, 2.05) is 12.1 Å². The molecule has 0 amide bonds. The second-order valence-corrected chi connectivity index (χ2v) is 4.01. The molecule has 1 aromatic rings. The molecule has 0 aliphatic carbocycles. The molecule has 0 spiro atoms. The van der Waals surface area contributed by atoms with Crippen molar-refractivity contribution in [1.82, 2.24) is 4.90 Å². The highest BCUT2D eigenvalue weighted by Gasteiger charge is 2.16. The Morgan fingerprint density at radius 1 is 1.12 bits per heavy atom. The molecule has 2 N–H and O–H groups in total. The quantitative estimate of drug-likeness (QED) is 0.590. The molecule has 1 aliphatic rings. The van der Waals surface area contributed by atoms with Crippen LogP contribution in [0.4, 0.5) is 11.4 Å². The lowest BCUT2D eigenvalue weighted by atomic mass is 10.2. The van der Waals surface area contributed by atoms with Crippen LogP contribution in [0, 0.1) is 11.3 Å². The van der Waals surface area contributed by atoms with Crippen LogP contribution in [-0.4, -0.2) is 37.6 Å². The zero-order valence-electron chi connectivity index (χ0n) is 9.26. The van der Waals surface area contributed by atoms with Gasteiger partial charge in [0, 0.05) is 37.6 Å². The van der Waals surface area contributed by atoms with Gasteiger partial charge >= 0.3 is 0 Å². The largest absolute Gasteiger partial charge is 0.399 e. The van der Waals surface area contributed by atoms with E-state index in [0.717, 1.165) is 31.9 Å². The normalized spacial score (nSPS) is 17.1. The van der Waals surface area contributed by atoms with Crippen molar-refractivity contribution < 1.29 is 0 Å². The van der Waals surface area contributed by atoms with Gasteiger partial charge in [-0.2, -0.15) is 5.26 Å². The van der Waals surface area contributed by atoms with E-state index in [-0.39, 0.29) is 0 Å². The molecule has 16 heavy (non-hydrogen) atoms. The summed E-state index contributed by atoms with van der Waals surface area (Å²) in [5, 5.41) is 8.61. The third-order valence-corrected chi connectivity index (χ3v) is 2.92. The molecular formula is C12H16N4. The fraction of sp³-hybridized carbons (Fsp3) is 0.417. The molecule has 84 valence electrons. The van der Waals surface area contributed by atoms with Gasteiger partial charge in [0.2, 0.25) is 0 Å². The predicted octanol–water partition coefficient (Wildman–Crippen LogP) is 0.914. The minimum absolute atomic E-state index is 0.537. The predicted molar refractivity (Wildman–Crippen MR) is 65.1 cm³/mol. The van der Waals surface area contributed by atoms with Gasteiger partial charge < -0.3 is 10.6 Å². The van der Waals surface area contributed by atoms with Crippen molar-refractivity contribution in [2.75, 3.05) is 43.4 Å². The monoisotopic (exact) mass is 216 g/mol. The van der Waals surface area contributed by atoms with Crippen molar-refractivity contribution in [3.8, 4) is 6.07 Å². The Bertz CT molecular complexity index is 371. The Kier molecular flexibility index (Phi) is 3.28. The molecule has 1 saturated heterocycles. The molecule has 1 aliphatic heterocycles. The maximum absolute atomic E-state index is 8.61. The maximum Gasteiger partial charge on any atom is 0.0867 e. The molecule has 0 atom stereocenters. The van der Waals surface area contributed by atoms with Gasteiger partial charge in [-0.1, -0.05) is 0 Å². The number of nitriles is 1. The number of rotatable bonds is 2. The molecule has 2 rings (SSSR count). The average Bonchev–Trinajstić information content (AvgIpc) is 2.32. The van der Waals surface area contributed by atoms with Crippen LogP contribution < -0.4 is 10.6 Å². The topological polar surface area (TPSA) is 56.3 Å². The van der Waals surface area contributed by atoms with E-state index in [0.29, 0.717) is 6.54 Å². The highest BCUT2D eigenvalue weighted by Crippen LogP contribution is 2.17. The van der Waals surface area contributed by atoms with Crippen molar-refractivity contribution in [3.05, 3.63) is 24.3 Å². The third kappa shape index (κ3) is 2.44. The zero-order chi connectivity index (χ0) is 11.4. The van der Waals surface area contributed by atoms with E-state index in [4.69, 9.17) is 11.0 Å². The van der Waals surface area contributed by atoms with Gasteiger partial charge in [0.25, 0.3) is 0 Å². The van der Waals surface area contributed by atoms with E-state index >= 15 is 0 Å². The van der Waals surface area contributed by atoms with Crippen LogP contribution in [0.2, 0.25) is 0 Å². The number of hydrogen-bond donors (Lipinski definition) is 1. The van der Waals surface area contributed by atoms with Gasteiger partial charge in [-0.25, -0.2) is 0 Å². The number of nitrogens with zero attached hydrogens (tertiary/aromatic N) is 3. The number of piperazine rings is 1. The summed E-state index contributed by atoms with van der Waals surface area (Å²) in [5.41, 5.74) is 7.67. The Labute approximate surface area is 95.9 Å². The molecule has 1 fully saturated rings. The first-order valence-corrected chi connectivity index (χ1v) is 5.49. The molecular weight excluding hydrogens is 200 g/mol. The van der Waals surface area contributed by atoms with Gasteiger partial charge in [0.05, 0.1) is 12.6 Å². The van der Waals surface area contributed by atoms with Gasteiger partial charge in [-0.15, -0.1) is 0 Å². The summed E-state index contributed by atoms with van der Waals surface area (Å²) in [6.07, 6.45) is 0. The van der Waals surface area contributed by atoms with E-state index in [1.165, 1.54) is 5.69 Å². The van der Waals surface area contributed by atoms with Gasteiger partial charge in [0.1, 0.15) is 0 Å². The molecule has 4 nitrogen and oxygen atoms in total. The Morgan fingerprint density at radius 2 is 1.75 bits per heavy atom. The molecule has 0 unspecified atom stereocenters.